The Bertz CT molecular complexity index is 943. The fourth-order valence-corrected chi connectivity index (χ4v) is 2.33. The van der Waals surface area contributed by atoms with Crippen molar-refractivity contribution in [1.29, 1.82) is 0 Å². The van der Waals surface area contributed by atoms with E-state index in [1.807, 2.05) is 0 Å². The maximum atomic E-state index is 12.4. The van der Waals surface area contributed by atoms with Gasteiger partial charge in [0.1, 0.15) is 0 Å². The van der Waals surface area contributed by atoms with Gasteiger partial charge in [-0.3, -0.25) is 14.9 Å². The van der Waals surface area contributed by atoms with Crippen LogP contribution in [0.5, 0.6) is 0 Å². The van der Waals surface area contributed by atoms with Crippen molar-refractivity contribution < 1.29 is 19.1 Å². The van der Waals surface area contributed by atoms with E-state index in [2.05, 4.69) is 15.7 Å². The Labute approximate surface area is 155 Å². The van der Waals surface area contributed by atoms with Crippen LogP contribution in [0.1, 0.15) is 38.2 Å². The van der Waals surface area contributed by atoms with Gasteiger partial charge in [0, 0.05) is 17.5 Å². The topological polar surface area (TPSA) is 119 Å². The summed E-state index contributed by atoms with van der Waals surface area (Å²) < 4.78 is 6.11. The number of benzene rings is 1. The third-order valence-corrected chi connectivity index (χ3v) is 3.44. The molecule has 0 saturated heterocycles. The van der Waals surface area contributed by atoms with Crippen LogP contribution in [0, 0.1) is 0 Å². The third kappa shape index (κ3) is 5.13. The van der Waals surface area contributed by atoms with E-state index in [-0.39, 0.29) is 17.8 Å². The SMILES string of the molecule is CCn1nc(C(=O)OCC(=O)NC(=O)NC(C)(C)C)c2ccccc2c1=O. The Morgan fingerprint density at radius 3 is 2.37 bits per heavy atom. The van der Waals surface area contributed by atoms with Crippen LogP contribution in [0.3, 0.4) is 0 Å². The molecule has 0 aliphatic carbocycles. The zero-order chi connectivity index (χ0) is 20.2. The molecular weight excluding hydrogens is 352 g/mol. The summed E-state index contributed by atoms with van der Waals surface area (Å²) >= 11 is 0. The molecule has 3 amide bonds. The van der Waals surface area contributed by atoms with Gasteiger partial charge in [0.15, 0.2) is 12.3 Å². The Balaban J connectivity index is 2.13. The molecule has 0 aliphatic heterocycles. The molecule has 1 aromatic carbocycles. The molecule has 9 heteroatoms. The first-order valence-corrected chi connectivity index (χ1v) is 8.41. The summed E-state index contributed by atoms with van der Waals surface area (Å²) in [6.45, 7) is 6.62. The number of urea groups is 1. The molecule has 144 valence electrons. The molecule has 0 fully saturated rings. The first-order chi connectivity index (χ1) is 12.6. The number of nitrogens with zero attached hydrogens (tertiary/aromatic N) is 2. The molecular formula is C18H22N4O5. The number of rotatable bonds is 4. The van der Waals surface area contributed by atoms with Crippen molar-refractivity contribution in [3.05, 3.63) is 40.3 Å². The summed E-state index contributed by atoms with van der Waals surface area (Å²) in [6, 6.07) is 5.83. The maximum Gasteiger partial charge on any atom is 0.359 e. The number of nitrogens with one attached hydrogen (secondary N) is 2. The Morgan fingerprint density at radius 2 is 1.78 bits per heavy atom. The van der Waals surface area contributed by atoms with E-state index < -0.39 is 30.1 Å². The van der Waals surface area contributed by atoms with E-state index in [1.165, 1.54) is 0 Å². The number of carbonyl (C=O) groups is 3. The predicted molar refractivity (Wildman–Crippen MR) is 98.4 cm³/mol. The highest BCUT2D eigenvalue weighted by Gasteiger charge is 2.20. The van der Waals surface area contributed by atoms with Gasteiger partial charge in [0.2, 0.25) is 0 Å². The fourth-order valence-electron chi connectivity index (χ4n) is 2.33. The van der Waals surface area contributed by atoms with E-state index in [0.717, 1.165) is 4.68 Å². The zero-order valence-electron chi connectivity index (χ0n) is 15.7. The van der Waals surface area contributed by atoms with Gasteiger partial charge in [-0.2, -0.15) is 5.10 Å². The van der Waals surface area contributed by atoms with Gasteiger partial charge in [0.25, 0.3) is 11.5 Å². The minimum atomic E-state index is -0.861. The van der Waals surface area contributed by atoms with Gasteiger partial charge in [-0.15, -0.1) is 0 Å². The number of aromatic nitrogens is 2. The molecule has 2 N–H and O–H groups in total. The Hall–Kier alpha value is -3.23. The number of hydrogen-bond donors (Lipinski definition) is 2. The predicted octanol–water partition coefficient (Wildman–Crippen LogP) is 1.20. The standard InChI is InChI=1S/C18H22N4O5/c1-5-22-15(24)12-9-7-6-8-11(12)14(21-22)16(25)27-10-13(23)19-17(26)20-18(2,3)4/h6-9H,5,10H2,1-4H3,(H2,19,20,23,26). The number of amides is 3. The third-order valence-electron chi connectivity index (χ3n) is 3.44. The molecule has 0 spiro atoms. The van der Waals surface area contributed by atoms with Crippen molar-refractivity contribution in [3.63, 3.8) is 0 Å². The van der Waals surface area contributed by atoms with Crippen molar-refractivity contribution in [1.82, 2.24) is 20.4 Å². The average Bonchev–Trinajstić information content (AvgIpc) is 2.58. The van der Waals surface area contributed by atoms with E-state index in [4.69, 9.17) is 4.74 Å². The van der Waals surface area contributed by atoms with Gasteiger partial charge in [-0.25, -0.2) is 14.3 Å². The lowest BCUT2D eigenvalue weighted by Gasteiger charge is -2.20. The lowest BCUT2D eigenvalue weighted by Crippen LogP contribution is -2.49. The van der Waals surface area contributed by atoms with Crippen LogP contribution in [0.4, 0.5) is 4.79 Å². The quantitative estimate of drug-likeness (QED) is 0.776. The molecule has 1 aromatic heterocycles. The molecule has 0 unspecified atom stereocenters. The Kier molecular flexibility index (Phi) is 5.94. The summed E-state index contributed by atoms with van der Waals surface area (Å²) in [4.78, 5) is 48.1. The van der Waals surface area contributed by atoms with Crippen LogP contribution in [0.25, 0.3) is 10.8 Å². The number of ether oxygens (including phenoxy) is 1. The average molecular weight is 374 g/mol. The molecule has 27 heavy (non-hydrogen) atoms. The van der Waals surface area contributed by atoms with E-state index in [1.54, 1.807) is 52.0 Å². The second-order valence-corrected chi connectivity index (χ2v) is 6.84. The van der Waals surface area contributed by atoms with Crippen LogP contribution in [-0.4, -0.2) is 39.8 Å². The maximum absolute atomic E-state index is 12.4. The van der Waals surface area contributed by atoms with Crippen LogP contribution < -0.4 is 16.2 Å². The van der Waals surface area contributed by atoms with E-state index in [9.17, 15) is 19.2 Å². The van der Waals surface area contributed by atoms with Gasteiger partial charge in [0.05, 0.1) is 5.39 Å². The monoisotopic (exact) mass is 374 g/mol. The summed E-state index contributed by atoms with van der Waals surface area (Å²) in [5, 5.41) is 9.31. The van der Waals surface area contributed by atoms with Crippen LogP contribution in [0.15, 0.2) is 29.1 Å². The van der Waals surface area contributed by atoms with E-state index >= 15 is 0 Å². The molecule has 0 radical (unpaired) electrons. The molecule has 0 bridgehead atoms. The van der Waals surface area contributed by atoms with Crippen molar-refractivity contribution in [2.45, 2.75) is 39.8 Å². The minimum Gasteiger partial charge on any atom is -0.451 e. The smallest absolute Gasteiger partial charge is 0.359 e. The number of imide groups is 1. The lowest BCUT2D eigenvalue weighted by atomic mass is 10.1. The molecule has 9 nitrogen and oxygen atoms in total. The van der Waals surface area contributed by atoms with Crippen LogP contribution in [0.2, 0.25) is 0 Å². The van der Waals surface area contributed by atoms with Gasteiger partial charge >= 0.3 is 12.0 Å². The number of fused-ring (bicyclic) bond motifs is 1. The first-order valence-electron chi connectivity index (χ1n) is 8.41. The first kappa shape index (κ1) is 20.1. The van der Waals surface area contributed by atoms with Crippen LogP contribution >= 0.6 is 0 Å². The zero-order valence-corrected chi connectivity index (χ0v) is 15.7. The number of esters is 1. The molecule has 0 atom stereocenters. The van der Waals surface area contributed by atoms with Crippen LogP contribution in [-0.2, 0) is 16.1 Å². The molecule has 0 aliphatic rings. The highest BCUT2D eigenvalue weighted by molar-refractivity contribution is 6.03. The largest absolute Gasteiger partial charge is 0.451 e. The minimum absolute atomic E-state index is 0.0704. The second kappa shape index (κ2) is 7.98. The van der Waals surface area contributed by atoms with E-state index in [0.29, 0.717) is 10.8 Å². The highest BCUT2D eigenvalue weighted by Crippen LogP contribution is 2.14. The van der Waals surface area contributed by atoms with Gasteiger partial charge in [-0.1, -0.05) is 18.2 Å². The number of hydrogen-bond acceptors (Lipinski definition) is 6. The second-order valence-electron chi connectivity index (χ2n) is 6.84. The normalized spacial score (nSPS) is 11.1. The van der Waals surface area contributed by atoms with Gasteiger partial charge in [-0.05, 0) is 33.8 Å². The number of aryl methyl sites for hydroxylation is 1. The van der Waals surface area contributed by atoms with Crippen molar-refractivity contribution >= 4 is 28.7 Å². The fraction of sp³-hybridized carbons (Fsp3) is 0.389. The molecule has 0 saturated carbocycles. The summed E-state index contributed by atoms with van der Waals surface area (Å²) in [7, 11) is 0. The highest BCUT2D eigenvalue weighted by atomic mass is 16.5. The van der Waals surface area contributed by atoms with Crippen molar-refractivity contribution in [2.24, 2.45) is 0 Å². The lowest BCUT2D eigenvalue weighted by molar-refractivity contribution is -0.123. The molecule has 1 heterocycles. The molecule has 2 rings (SSSR count). The van der Waals surface area contributed by atoms with Crippen molar-refractivity contribution in [2.75, 3.05) is 6.61 Å². The summed E-state index contributed by atoms with van der Waals surface area (Å²) in [5.74, 6) is -1.64. The number of carbonyl (C=O) groups excluding carboxylic acids is 3. The van der Waals surface area contributed by atoms with Crippen molar-refractivity contribution in [3.8, 4) is 0 Å². The Morgan fingerprint density at radius 1 is 1.15 bits per heavy atom. The van der Waals surface area contributed by atoms with Gasteiger partial charge < -0.3 is 10.1 Å². The summed E-state index contributed by atoms with van der Waals surface area (Å²) in [5.41, 5.74) is -0.905. The molecule has 2 aromatic rings. The summed E-state index contributed by atoms with van der Waals surface area (Å²) in [6.07, 6.45) is 0.